The van der Waals surface area contributed by atoms with Crippen molar-refractivity contribution in [1.82, 2.24) is 9.97 Å². The van der Waals surface area contributed by atoms with E-state index >= 15 is 0 Å². The van der Waals surface area contributed by atoms with Crippen LogP contribution in [0.3, 0.4) is 0 Å². The highest BCUT2D eigenvalue weighted by Gasteiger charge is 2.33. The van der Waals surface area contributed by atoms with Crippen LogP contribution in [-0.2, 0) is 0 Å². The molecule has 1 aliphatic carbocycles. The maximum atomic E-state index is 11.1. The zero-order chi connectivity index (χ0) is 14.0. The van der Waals surface area contributed by atoms with Gasteiger partial charge in [-0.1, -0.05) is 0 Å². The molecule has 1 atom stereocenters. The van der Waals surface area contributed by atoms with Gasteiger partial charge in [0.15, 0.2) is 0 Å². The second-order valence-corrected chi connectivity index (χ2v) is 4.88. The van der Waals surface area contributed by atoms with Crippen LogP contribution in [0.4, 0.5) is 17.5 Å². The summed E-state index contributed by atoms with van der Waals surface area (Å²) in [7, 11) is 1.86. The van der Waals surface area contributed by atoms with Crippen molar-refractivity contribution in [3.05, 3.63) is 16.3 Å². The SMILES string of the molecule is CCNc1ncc([N+](=O)[O-])c(N(C)C(C)C2CC2)n1. The molecular formula is C12H19N5O2. The van der Waals surface area contributed by atoms with E-state index in [4.69, 9.17) is 0 Å². The summed E-state index contributed by atoms with van der Waals surface area (Å²) in [5, 5.41) is 14.1. The summed E-state index contributed by atoms with van der Waals surface area (Å²) in [5.74, 6) is 1.43. The maximum absolute atomic E-state index is 11.1. The zero-order valence-electron chi connectivity index (χ0n) is 11.5. The van der Waals surface area contributed by atoms with Gasteiger partial charge in [-0.25, -0.2) is 4.98 Å². The van der Waals surface area contributed by atoms with Gasteiger partial charge in [0, 0.05) is 19.6 Å². The molecule has 1 saturated carbocycles. The monoisotopic (exact) mass is 265 g/mol. The van der Waals surface area contributed by atoms with Crippen molar-refractivity contribution < 1.29 is 4.92 Å². The van der Waals surface area contributed by atoms with Crippen LogP contribution in [0.2, 0.25) is 0 Å². The molecule has 1 unspecified atom stereocenters. The number of nitro groups is 1. The Morgan fingerprint density at radius 1 is 1.63 bits per heavy atom. The van der Waals surface area contributed by atoms with Crippen molar-refractivity contribution in [2.45, 2.75) is 32.7 Å². The molecule has 0 aliphatic heterocycles. The topological polar surface area (TPSA) is 84.2 Å². The molecule has 0 bridgehead atoms. The lowest BCUT2D eigenvalue weighted by atomic mass is 10.2. The van der Waals surface area contributed by atoms with E-state index in [1.54, 1.807) is 0 Å². The van der Waals surface area contributed by atoms with Crippen LogP contribution in [0.15, 0.2) is 6.20 Å². The van der Waals surface area contributed by atoms with Gasteiger partial charge >= 0.3 is 5.69 Å². The third kappa shape index (κ3) is 2.91. The molecule has 7 nitrogen and oxygen atoms in total. The first-order valence-electron chi connectivity index (χ1n) is 6.52. The van der Waals surface area contributed by atoms with Crippen molar-refractivity contribution in [2.75, 3.05) is 23.8 Å². The summed E-state index contributed by atoms with van der Waals surface area (Å²) in [4.78, 5) is 20.8. The van der Waals surface area contributed by atoms with Gasteiger partial charge in [0.05, 0.1) is 4.92 Å². The van der Waals surface area contributed by atoms with Crippen LogP contribution in [0.1, 0.15) is 26.7 Å². The Bertz CT molecular complexity index is 475. The van der Waals surface area contributed by atoms with Crippen molar-refractivity contribution in [3.8, 4) is 0 Å². The number of rotatable bonds is 6. The fraction of sp³-hybridized carbons (Fsp3) is 0.667. The fourth-order valence-corrected chi connectivity index (χ4v) is 2.09. The smallest absolute Gasteiger partial charge is 0.329 e. The van der Waals surface area contributed by atoms with Crippen LogP contribution >= 0.6 is 0 Å². The van der Waals surface area contributed by atoms with Gasteiger partial charge < -0.3 is 10.2 Å². The van der Waals surface area contributed by atoms with Gasteiger partial charge in [0.2, 0.25) is 11.8 Å². The van der Waals surface area contributed by atoms with Crippen LogP contribution in [0, 0.1) is 16.0 Å². The first-order valence-corrected chi connectivity index (χ1v) is 6.52. The summed E-state index contributed by atoms with van der Waals surface area (Å²) in [6.45, 7) is 4.69. The normalized spacial score (nSPS) is 15.9. The van der Waals surface area contributed by atoms with E-state index < -0.39 is 4.92 Å². The number of anilines is 2. The van der Waals surface area contributed by atoms with Gasteiger partial charge in [-0.15, -0.1) is 0 Å². The van der Waals surface area contributed by atoms with E-state index in [1.807, 2.05) is 18.9 Å². The molecule has 0 spiro atoms. The molecule has 0 radical (unpaired) electrons. The minimum atomic E-state index is -0.429. The Morgan fingerprint density at radius 2 is 2.32 bits per heavy atom. The average molecular weight is 265 g/mol. The molecular weight excluding hydrogens is 246 g/mol. The van der Waals surface area contributed by atoms with E-state index in [-0.39, 0.29) is 11.7 Å². The summed E-state index contributed by atoms with van der Waals surface area (Å²) < 4.78 is 0. The first-order chi connectivity index (χ1) is 9.04. The fourth-order valence-electron chi connectivity index (χ4n) is 2.09. The van der Waals surface area contributed by atoms with Crippen molar-refractivity contribution in [2.24, 2.45) is 5.92 Å². The highest BCUT2D eigenvalue weighted by molar-refractivity contribution is 5.59. The highest BCUT2D eigenvalue weighted by atomic mass is 16.6. The lowest BCUT2D eigenvalue weighted by Crippen LogP contribution is -2.32. The third-order valence-corrected chi connectivity index (χ3v) is 3.53. The van der Waals surface area contributed by atoms with Gasteiger partial charge in [0.1, 0.15) is 6.20 Å². The number of hydrogen-bond donors (Lipinski definition) is 1. The Labute approximate surface area is 112 Å². The molecule has 2 rings (SSSR count). The number of nitrogens with one attached hydrogen (secondary N) is 1. The minimum absolute atomic E-state index is 0.0448. The molecule has 0 aromatic carbocycles. The molecule has 1 N–H and O–H groups in total. The Hall–Kier alpha value is -1.92. The van der Waals surface area contributed by atoms with Gasteiger partial charge in [-0.2, -0.15) is 4.98 Å². The zero-order valence-corrected chi connectivity index (χ0v) is 11.5. The molecule has 19 heavy (non-hydrogen) atoms. The van der Waals surface area contributed by atoms with Gasteiger partial charge in [0.25, 0.3) is 0 Å². The molecule has 7 heteroatoms. The molecule has 104 valence electrons. The first kappa shape index (κ1) is 13.5. The Morgan fingerprint density at radius 3 is 2.84 bits per heavy atom. The molecule has 1 aromatic rings. The minimum Gasteiger partial charge on any atom is -0.354 e. The van der Waals surface area contributed by atoms with E-state index in [0.717, 1.165) is 0 Å². The van der Waals surface area contributed by atoms with Crippen LogP contribution in [0.25, 0.3) is 0 Å². The predicted octanol–water partition coefficient (Wildman–Crippen LogP) is 2.05. The predicted molar refractivity (Wildman–Crippen MR) is 73.4 cm³/mol. The van der Waals surface area contributed by atoms with Gasteiger partial charge in [-0.05, 0) is 32.6 Å². The highest BCUT2D eigenvalue weighted by Crippen LogP contribution is 2.37. The molecule has 1 heterocycles. The van der Waals surface area contributed by atoms with Crippen molar-refractivity contribution in [3.63, 3.8) is 0 Å². The molecule has 0 saturated heterocycles. The largest absolute Gasteiger partial charge is 0.354 e. The van der Waals surface area contributed by atoms with Crippen molar-refractivity contribution >= 4 is 17.5 Å². The van der Waals surface area contributed by atoms with Gasteiger partial charge in [-0.3, -0.25) is 10.1 Å². The lowest BCUT2D eigenvalue weighted by Gasteiger charge is -2.25. The lowest BCUT2D eigenvalue weighted by molar-refractivity contribution is -0.384. The summed E-state index contributed by atoms with van der Waals surface area (Å²) in [6.07, 6.45) is 3.64. The summed E-state index contributed by atoms with van der Waals surface area (Å²) in [5.41, 5.74) is -0.0448. The maximum Gasteiger partial charge on any atom is 0.329 e. The van der Waals surface area contributed by atoms with Crippen LogP contribution < -0.4 is 10.2 Å². The second kappa shape index (κ2) is 5.38. The standard InChI is InChI=1S/C12H19N5O2/c1-4-13-12-14-7-10(17(18)19)11(15-12)16(3)8(2)9-5-6-9/h7-9H,4-6H2,1-3H3,(H,13,14,15). The van der Waals surface area contributed by atoms with E-state index in [9.17, 15) is 10.1 Å². The molecule has 0 amide bonds. The number of nitrogens with zero attached hydrogens (tertiary/aromatic N) is 4. The van der Waals surface area contributed by atoms with E-state index in [2.05, 4.69) is 22.2 Å². The number of hydrogen-bond acceptors (Lipinski definition) is 6. The van der Waals surface area contributed by atoms with E-state index in [1.165, 1.54) is 19.0 Å². The average Bonchev–Trinajstić information content (AvgIpc) is 3.21. The van der Waals surface area contributed by atoms with Crippen molar-refractivity contribution in [1.29, 1.82) is 0 Å². The molecule has 1 aliphatic rings. The number of aromatic nitrogens is 2. The Balaban J connectivity index is 2.32. The quantitative estimate of drug-likeness (QED) is 0.626. The van der Waals surface area contributed by atoms with Crippen LogP contribution in [-0.4, -0.2) is 34.5 Å². The Kier molecular flexibility index (Phi) is 3.82. The molecule has 1 aromatic heterocycles. The second-order valence-electron chi connectivity index (χ2n) is 4.88. The van der Waals surface area contributed by atoms with Crippen LogP contribution in [0.5, 0.6) is 0 Å². The summed E-state index contributed by atoms with van der Waals surface area (Å²) in [6, 6.07) is 0.253. The van der Waals surface area contributed by atoms with E-state index in [0.29, 0.717) is 24.2 Å². The third-order valence-electron chi connectivity index (χ3n) is 3.53. The summed E-state index contributed by atoms with van der Waals surface area (Å²) >= 11 is 0. The molecule has 1 fully saturated rings.